The number of alkyl halides is 2. The van der Waals surface area contributed by atoms with E-state index in [-0.39, 0.29) is 42.8 Å². The van der Waals surface area contributed by atoms with Crippen molar-refractivity contribution in [2.75, 3.05) is 0 Å². The molecule has 0 aliphatic heterocycles. The molecule has 4 nitrogen and oxygen atoms in total. The van der Waals surface area contributed by atoms with Gasteiger partial charge in [0.2, 0.25) is 5.78 Å². The Morgan fingerprint density at radius 2 is 1.93 bits per heavy atom. The fraction of sp³-hybridized carbons (Fsp3) is 0.762. The SMILES string of the molecule is CCCC(F)(F)C(=O)CCC[C@@H]1[C@H](C)CC(=O)[C@@H]1C/C=C\CCCC(=O)O. The van der Waals surface area contributed by atoms with E-state index in [9.17, 15) is 23.2 Å². The highest BCUT2D eigenvalue weighted by Crippen LogP contribution is 2.40. The number of carboxylic acid groups (broad SMARTS) is 1. The molecule has 1 N–H and O–H groups in total. The lowest BCUT2D eigenvalue weighted by atomic mass is 9.83. The van der Waals surface area contributed by atoms with Gasteiger partial charge in [-0.15, -0.1) is 0 Å². The fourth-order valence-electron chi connectivity index (χ4n) is 3.91. The van der Waals surface area contributed by atoms with Gasteiger partial charge in [-0.3, -0.25) is 14.4 Å². The van der Waals surface area contributed by atoms with Crippen LogP contribution in [0.4, 0.5) is 8.78 Å². The summed E-state index contributed by atoms with van der Waals surface area (Å²) in [6.45, 7) is 3.64. The minimum Gasteiger partial charge on any atom is -0.481 e. The predicted molar refractivity (Wildman–Crippen MR) is 99.7 cm³/mol. The molecule has 0 saturated heterocycles. The number of hydrogen-bond donors (Lipinski definition) is 1. The van der Waals surface area contributed by atoms with Gasteiger partial charge in [0.1, 0.15) is 5.78 Å². The standard InChI is InChI=1S/C21H32F2O4/c1-3-13-21(22,23)19(25)11-8-10-16-15(2)14-18(24)17(16)9-6-4-5-7-12-20(26)27/h4,6,15-17H,3,5,7-14H2,1-2H3,(H,26,27)/b6-4-/t15-,16-,17-/m1/s1. The Kier molecular flexibility index (Phi) is 9.81. The zero-order valence-corrected chi connectivity index (χ0v) is 16.4. The van der Waals surface area contributed by atoms with Crippen molar-refractivity contribution in [3.05, 3.63) is 12.2 Å². The van der Waals surface area contributed by atoms with Crippen LogP contribution in [0.25, 0.3) is 0 Å². The van der Waals surface area contributed by atoms with Gasteiger partial charge in [0, 0.05) is 31.6 Å². The second-order valence-corrected chi connectivity index (χ2v) is 7.68. The van der Waals surface area contributed by atoms with E-state index in [4.69, 9.17) is 5.11 Å². The van der Waals surface area contributed by atoms with Crippen molar-refractivity contribution in [1.82, 2.24) is 0 Å². The summed E-state index contributed by atoms with van der Waals surface area (Å²) in [4.78, 5) is 34.4. The highest BCUT2D eigenvalue weighted by atomic mass is 19.3. The molecule has 27 heavy (non-hydrogen) atoms. The second kappa shape index (κ2) is 11.3. The predicted octanol–water partition coefficient (Wildman–Crippen LogP) is 5.20. The number of ketones is 2. The highest BCUT2D eigenvalue weighted by molar-refractivity contribution is 5.85. The van der Waals surface area contributed by atoms with Crippen LogP contribution >= 0.6 is 0 Å². The molecule has 0 radical (unpaired) electrons. The maximum atomic E-state index is 13.6. The first-order valence-corrected chi connectivity index (χ1v) is 9.99. The van der Waals surface area contributed by atoms with Crippen molar-refractivity contribution in [2.45, 2.75) is 84.0 Å². The Hall–Kier alpha value is -1.59. The number of aliphatic carboxylic acids is 1. The minimum atomic E-state index is -3.23. The highest BCUT2D eigenvalue weighted by Gasteiger charge is 2.40. The molecule has 0 amide bonds. The quantitative estimate of drug-likeness (QED) is 0.349. The van der Waals surface area contributed by atoms with Crippen LogP contribution in [0.2, 0.25) is 0 Å². The third kappa shape index (κ3) is 7.89. The molecule has 0 aromatic rings. The maximum Gasteiger partial charge on any atom is 0.305 e. The lowest BCUT2D eigenvalue weighted by Crippen LogP contribution is -2.28. The number of carboxylic acids is 1. The van der Waals surface area contributed by atoms with Crippen molar-refractivity contribution in [1.29, 1.82) is 0 Å². The van der Waals surface area contributed by atoms with E-state index in [2.05, 4.69) is 0 Å². The molecule has 1 rings (SSSR count). The van der Waals surface area contributed by atoms with Crippen molar-refractivity contribution < 1.29 is 28.3 Å². The molecule has 1 aliphatic rings. The number of Topliss-reactive ketones (excluding diaryl/α,β-unsaturated/α-hetero) is 2. The van der Waals surface area contributed by atoms with Gasteiger partial charge in [0.25, 0.3) is 0 Å². The van der Waals surface area contributed by atoms with Crippen LogP contribution in [-0.4, -0.2) is 28.6 Å². The van der Waals surface area contributed by atoms with Gasteiger partial charge in [-0.05, 0) is 50.4 Å². The van der Waals surface area contributed by atoms with Crippen LogP contribution in [0.15, 0.2) is 12.2 Å². The molecule has 1 fully saturated rings. The van der Waals surface area contributed by atoms with Gasteiger partial charge < -0.3 is 5.11 Å². The summed E-state index contributed by atoms with van der Waals surface area (Å²) in [5.41, 5.74) is 0. The first-order valence-electron chi connectivity index (χ1n) is 9.99. The number of rotatable bonds is 13. The zero-order valence-electron chi connectivity index (χ0n) is 16.4. The third-order valence-electron chi connectivity index (χ3n) is 5.42. The van der Waals surface area contributed by atoms with E-state index in [1.54, 1.807) is 6.92 Å². The van der Waals surface area contributed by atoms with Crippen molar-refractivity contribution in [2.24, 2.45) is 17.8 Å². The number of allylic oxidation sites excluding steroid dienone is 2. The molecule has 0 heterocycles. The number of carbonyl (C=O) groups excluding carboxylic acids is 2. The van der Waals surface area contributed by atoms with E-state index < -0.39 is 24.1 Å². The van der Waals surface area contributed by atoms with Gasteiger partial charge in [0.15, 0.2) is 0 Å². The summed E-state index contributed by atoms with van der Waals surface area (Å²) in [7, 11) is 0. The van der Waals surface area contributed by atoms with Crippen LogP contribution in [0.5, 0.6) is 0 Å². The average Bonchev–Trinajstić information content (AvgIpc) is 2.84. The van der Waals surface area contributed by atoms with E-state index >= 15 is 0 Å². The summed E-state index contributed by atoms with van der Waals surface area (Å²) in [6, 6.07) is 0. The summed E-state index contributed by atoms with van der Waals surface area (Å²) >= 11 is 0. The van der Waals surface area contributed by atoms with Crippen LogP contribution in [0, 0.1) is 17.8 Å². The van der Waals surface area contributed by atoms with Crippen molar-refractivity contribution in [3.63, 3.8) is 0 Å². The summed E-state index contributed by atoms with van der Waals surface area (Å²) in [5, 5.41) is 8.60. The van der Waals surface area contributed by atoms with E-state index in [0.717, 1.165) is 0 Å². The van der Waals surface area contributed by atoms with Gasteiger partial charge in [-0.2, -0.15) is 8.78 Å². The van der Waals surface area contributed by atoms with Crippen molar-refractivity contribution >= 4 is 17.5 Å². The van der Waals surface area contributed by atoms with Crippen LogP contribution in [0.1, 0.15) is 78.1 Å². The van der Waals surface area contributed by atoms with Gasteiger partial charge in [-0.25, -0.2) is 0 Å². The first kappa shape index (κ1) is 23.4. The van der Waals surface area contributed by atoms with Gasteiger partial charge in [-0.1, -0.05) is 26.0 Å². The van der Waals surface area contributed by atoms with Gasteiger partial charge >= 0.3 is 11.9 Å². The van der Waals surface area contributed by atoms with E-state index in [1.807, 2.05) is 19.1 Å². The number of hydrogen-bond acceptors (Lipinski definition) is 3. The fourth-order valence-corrected chi connectivity index (χ4v) is 3.91. The molecule has 0 unspecified atom stereocenters. The van der Waals surface area contributed by atoms with E-state index in [0.29, 0.717) is 38.5 Å². The Labute approximate surface area is 160 Å². The summed E-state index contributed by atoms with van der Waals surface area (Å²) < 4.78 is 27.2. The average molecular weight is 386 g/mol. The lowest BCUT2D eigenvalue weighted by molar-refractivity contribution is -0.144. The van der Waals surface area contributed by atoms with Crippen molar-refractivity contribution in [3.8, 4) is 0 Å². The molecule has 154 valence electrons. The van der Waals surface area contributed by atoms with Crippen LogP contribution in [0.3, 0.4) is 0 Å². The molecule has 1 aliphatic carbocycles. The molecule has 0 bridgehead atoms. The molecule has 6 heteroatoms. The monoisotopic (exact) mass is 386 g/mol. The Bertz CT molecular complexity index is 542. The third-order valence-corrected chi connectivity index (χ3v) is 5.42. The molecule has 3 atom stereocenters. The topological polar surface area (TPSA) is 71.4 Å². The Morgan fingerprint density at radius 1 is 1.22 bits per heavy atom. The van der Waals surface area contributed by atoms with E-state index in [1.165, 1.54) is 0 Å². The molecule has 1 saturated carbocycles. The molecular formula is C21H32F2O4. The molecule has 0 spiro atoms. The van der Waals surface area contributed by atoms with Crippen LogP contribution in [-0.2, 0) is 14.4 Å². The smallest absolute Gasteiger partial charge is 0.305 e. The normalized spacial score (nSPS) is 23.3. The number of unbranched alkanes of at least 4 members (excludes halogenated alkanes) is 1. The first-order chi connectivity index (χ1) is 12.7. The summed E-state index contributed by atoms with van der Waals surface area (Å²) in [6.07, 6.45) is 7.02. The molecule has 0 aromatic carbocycles. The molecular weight excluding hydrogens is 354 g/mol. The number of halogens is 2. The number of carbonyl (C=O) groups is 3. The largest absolute Gasteiger partial charge is 0.481 e. The zero-order chi connectivity index (χ0) is 20.4. The summed E-state index contributed by atoms with van der Waals surface area (Å²) in [5.74, 6) is -4.64. The molecule has 0 aromatic heterocycles. The maximum absolute atomic E-state index is 13.6. The van der Waals surface area contributed by atoms with Crippen LogP contribution < -0.4 is 0 Å². The van der Waals surface area contributed by atoms with Gasteiger partial charge in [0.05, 0.1) is 0 Å². The Balaban J connectivity index is 2.47. The second-order valence-electron chi connectivity index (χ2n) is 7.68. The Morgan fingerprint density at radius 3 is 2.56 bits per heavy atom. The minimum absolute atomic E-state index is 0.119. The lowest BCUT2D eigenvalue weighted by Gasteiger charge is -2.21.